The minimum atomic E-state index is -0.0345. The second-order valence-electron chi connectivity index (χ2n) is 5.16. The third kappa shape index (κ3) is 2.56. The van der Waals surface area contributed by atoms with Crippen molar-refractivity contribution >= 4 is 5.91 Å². The Morgan fingerprint density at radius 2 is 2.33 bits per heavy atom. The van der Waals surface area contributed by atoms with Gasteiger partial charge in [-0.15, -0.1) is 0 Å². The second kappa shape index (κ2) is 5.69. The Morgan fingerprint density at radius 3 is 3.05 bits per heavy atom. The Bertz CT molecular complexity index is 619. The van der Waals surface area contributed by atoms with Gasteiger partial charge in [-0.25, -0.2) is 4.98 Å². The van der Waals surface area contributed by atoms with Crippen molar-refractivity contribution in [2.24, 2.45) is 0 Å². The lowest BCUT2D eigenvalue weighted by atomic mass is 10.2. The van der Waals surface area contributed by atoms with E-state index < -0.39 is 0 Å². The molecule has 0 aliphatic carbocycles. The van der Waals surface area contributed by atoms with Crippen LogP contribution in [0.3, 0.4) is 0 Å². The molecule has 3 rings (SSSR count). The molecule has 1 aliphatic rings. The molecule has 3 heterocycles. The molecule has 2 aromatic rings. The first-order valence-electron chi connectivity index (χ1n) is 7.01. The molecule has 1 unspecified atom stereocenters. The van der Waals surface area contributed by atoms with Gasteiger partial charge in [0.15, 0.2) is 0 Å². The molecule has 0 aromatic carbocycles. The predicted octanol–water partition coefficient (Wildman–Crippen LogP) is 0.677. The van der Waals surface area contributed by atoms with Crippen LogP contribution < -0.4 is 0 Å². The topological polar surface area (TPSA) is 65.2 Å². The van der Waals surface area contributed by atoms with Gasteiger partial charge in [0.25, 0.3) is 0 Å². The molecule has 21 heavy (non-hydrogen) atoms. The van der Waals surface area contributed by atoms with E-state index in [1.807, 2.05) is 35.0 Å². The highest BCUT2D eigenvalue weighted by molar-refractivity contribution is 5.78. The van der Waals surface area contributed by atoms with Crippen molar-refractivity contribution in [1.29, 1.82) is 0 Å². The molecule has 0 spiro atoms. The highest BCUT2D eigenvalue weighted by Gasteiger charge is 2.30. The van der Waals surface area contributed by atoms with E-state index in [1.165, 1.54) is 7.11 Å². The van der Waals surface area contributed by atoms with E-state index in [-0.39, 0.29) is 18.6 Å². The van der Waals surface area contributed by atoms with Crippen LogP contribution in [0.5, 0.6) is 0 Å². The maximum atomic E-state index is 12.0. The van der Waals surface area contributed by atoms with E-state index in [0.29, 0.717) is 13.1 Å². The third-order valence-corrected chi connectivity index (χ3v) is 3.85. The minimum absolute atomic E-state index is 0.00729. The first-order chi connectivity index (χ1) is 10.2. The smallest absolute Gasteiger partial charge is 0.249 e. The van der Waals surface area contributed by atoms with Crippen LogP contribution in [-0.4, -0.2) is 50.4 Å². The quantitative estimate of drug-likeness (QED) is 0.830. The van der Waals surface area contributed by atoms with Crippen LogP contribution in [0.25, 0.3) is 0 Å². The number of imidazole rings is 1. The van der Waals surface area contributed by atoms with E-state index in [0.717, 1.165) is 18.1 Å². The van der Waals surface area contributed by atoms with Crippen molar-refractivity contribution in [1.82, 2.24) is 24.2 Å². The SMILES string of the molecule is COCC(=O)N1CCn2c(Cn3cccn3)cnc2C1C. The minimum Gasteiger partial charge on any atom is -0.375 e. The molecular weight excluding hydrogens is 270 g/mol. The molecule has 0 saturated heterocycles. The fraction of sp³-hybridized carbons (Fsp3) is 0.500. The van der Waals surface area contributed by atoms with Gasteiger partial charge in [0.2, 0.25) is 5.91 Å². The normalized spacial score (nSPS) is 17.8. The lowest BCUT2D eigenvalue weighted by Gasteiger charge is -2.34. The Morgan fingerprint density at radius 1 is 1.48 bits per heavy atom. The molecular formula is C14H19N5O2. The molecule has 0 bridgehead atoms. The molecule has 1 amide bonds. The average Bonchev–Trinajstić information content (AvgIpc) is 3.10. The fourth-order valence-corrected chi connectivity index (χ4v) is 2.79. The summed E-state index contributed by atoms with van der Waals surface area (Å²) in [6.07, 6.45) is 5.57. The Balaban J connectivity index is 1.80. The highest BCUT2D eigenvalue weighted by atomic mass is 16.5. The molecule has 0 radical (unpaired) electrons. The van der Waals surface area contributed by atoms with E-state index in [9.17, 15) is 4.79 Å². The first kappa shape index (κ1) is 13.8. The monoisotopic (exact) mass is 289 g/mol. The maximum Gasteiger partial charge on any atom is 0.249 e. The molecule has 112 valence electrons. The number of fused-ring (bicyclic) bond motifs is 1. The molecule has 7 nitrogen and oxygen atoms in total. The second-order valence-corrected chi connectivity index (χ2v) is 5.16. The maximum absolute atomic E-state index is 12.0. The van der Waals surface area contributed by atoms with Gasteiger partial charge >= 0.3 is 0 Å². The van der Waals surface area contributed by atoms with Crippen LogP contribution >= 0.6 is 0 Å². The first-order valence-corrected chi connectivity index (χ1v) is 7.01. The van der Waals surface area contributed by atoms with Gasteiger partial charge in [0.05, 0.1) is 24.5 Å². The standard InChI is InChI=1S/C14H19N5O2/c1-11-14-15-8-12(9-17-5-3-4-16-17)19(14)7-6-18(11)13(20)10-21-2/h3-5,8,11H,6-7,9-10H2,1-2H3. The summed E-state index contributed by atoms with van der Waals surface area (Å²) in [6.45, 7) is 4.25. The number of hydrogen-bond acceptors (Lipinski definition) is 4. The number of rotatable bonds is 4. The lowest BCUT2D eigenvalue weighted by molar-refractivity contribution is -0.138. The van der Waals surface area contributed by atoms with Gasteiger partial charge in [-0.2, -0.15) is 5.10 Å². The van der Waals surface area contributed by atoms with E-state index in [2.05, 4.69) is 14.6 Å². The molecule has 0 fully saturated rings. The molecule has 7 heteroatoms. The van der Waals surface area contributed by atoms with Crippen LogP contribution in [0.15, 0.2) is 24.7 Å². The van der Waals surface area contributed by atoms with Gasteiger partial charge < -0.3 is 14.2 Å². The largest absolute Gasteiger partial charge is 0.375 e. The number of hydrogen-bond donors (Lipinski definition) is 0. The molecule has 1 atom stereocenters. The van der Waals surface area contributed by atoms with Crippen LogP contribution in [-0.2, 0) is 22.6 Å². The molecule has 1 aliphatic heterocycles. The Labute approximate surface area is 123 Å². The lowest BCUT2D eigenvalue weighted by Crippen LogP contribution is -2.43. The van der Waals surface area contributed by atoms with Gasteiger partial charge in [-0.05, 0) is 13.0 Å². The van der Waals surface area contributed by atoms with Gasteiger partial charge in [-0.1, -0.05) is 0 Å². The van der Waals surface area contributed by atoms with Crippen LogP contribution in [0.1, 0.15) is 24.5 Å². The van der Waals surface area contributed by atoms with Gasteiger partial charge in [0.1, 0.15) is 12.4 Å². The van der Waals surface area contributed by atoms with Crippen molar-refractivity contribution in [3.05, 3.63) is 36.2 Å². The number of amides is 1. The summed E-state index contributed by atoms with van der Waals surface area (Å²) in [6, 6.07) is 1.87. The number of carbonyl (C=O) groups is 1. The van der Waals surface area contributed by atoms with E-state index >= 15 is 0 Å². The summed E-state index contributed by atoms with van der Waals surface area (Å²) in [5.41, 5.74) is 1.11. The zero-order valence-corrected chi connectivity index (χ0v) is 12.3. The number of nitrogens with zero attached hydrogens (tertiary/aromatic N) is 5. The van der Waals surface area contributed by atoms with E-state index in [4.69, 9.17) is 4.74 Å². The number of aromatic nitrogens is 4. The Hall–Kier alpha value is -2.15. The zero-order chi connectivity index (χ0) is 14.8. The summed E-state index contributed by atoms with van der Waals surface area (Å²) in [4.78, 5) is 18.4. The summed E-state index contributed by atoms with van der Waals surface area (Å²) < 4.78 is 8.99. The number of carbonyl (C=O) groups excluding carboxylic acids is 1. The van der Waals surface area contributed by atoms with E-state index in [1.54, 1.807) is 6.20 Å². The molecule has 0 N–H and O–H groups in total. The van der Waals surface area contributed by atoms with Gasteiger partial charge in [-0.3, -0.25) is 9.48 Å². The van der Waals surface area contributed by atoms with Crippen molar-refractivity contribution in [3.8, 4) is 0 Å². The third-order valence-electron chi connectivity index (χ3n) is 3.85. The van der Waals surface area contributed by atoms with Crippen molar-refractivity contribution < 1.29 is 9.53 Å². The summed E-state index contributed by atoms with van der Waals surface area (Å²) in [7, 11) is 1.54. The summed E-state index contributed by atoms with van der Waals surface area (Å²) in [5.74, 6) is 0.931. The predicted molar refractivity (Wildman–Crippen MR) is 75.6 cm³/mol. The Kier molecular flexibility index (Phi) is 3.74. The van der Waals surface area contributed by atoms with Gasteiger partial charge in [0, 0.05) is 32.6 Å². The molecule has 0 saturated carbocycles. The van der Waals surface area contributed by atoms with Crippen LogP contribution in [0, 0.1) is 0 Å². The number of ether oxygens (including phenoxy) is 1. The number of methoxy groups -OCH3 is 1. The van der Waals surface area contributed by atoms with Crippen LogP contribution in [0.4, 0.5) is 0 Å². The fourth-order valence-electron chi connectivity index (χ4n) is 2.79. The molecule has 2 aromatic heterocycles. The highest BCUT2D eigenvalue weighted by Crippen LogP contribution is 2.25. The summed E-state index contributed by atoms with van der Waals surface area (Å²) in [5, 5.41) is 4.22. The van der Waals surface area contributed by atoms with Crippen molar-refractivity contribution in [2.45, 2.75) is 26.1 Å². The average molecular weight is 289 g/mol. The van der Waals surface area contributed by atoms with Crippen LogP contribution in [0.2, 0.25) is 0 Å². The summed E-state index contributed by atoms with van der Waals surface area (Å²) >= 11 is 0. The van der Waals surface area contributed by atoms with Crippen molar-refractivity contribution in [2.75, 3.05) is 20.3 Å². The zero-order valence-electron chi connectivity index (χ0n) is 12.3. The van der Waals surface area contributed by atoms with Crippen molar-refractivity contribution in [3.63, 3.8) is 0 Å².